The molecule has 0 bridgehead atoms. The number of piperidine rings is 1. The van der Waals surface area contributed by atoms with E-state index >= 15 is 0 Å². The Morgan fingerprint density at radius 1 is 1.06 bits per heavy atom. The highest BCUT2D eigenvalue weighted by Gasteiger charge is 2.30. The highest BCUT2D eigenvalue weighted by Crippen LogP contribution is 2.21. The minimum atomic E-state index is -3.27. The van der Waals surface area contributed by atoms with Gasteiger partial charge in [-0.3, -0.25) is 4.79 Å². The normalized spacial score (nSPS) is 15.5. The van der Waals surface area contributed by atoms with E-state index in [1.165, 1.54) is 5.56 Å². The fraction of sp³-hybridized carbons (Fsp3) is 0.458. The molecule has 32 heavy (non-hydrogen) atoms. The van der Waals surface area contributed by atoms with Crippen molar-refractivity contribution >= 4 is 39.3 Å². The van der Waals surface area contributed by atoms with Crippen molar-refractivity contribution in [2.24, 2.45) is 5.92 Å². The Kier molecular flexibility index (Phi) is 9.91. The Morgan fingerprint density at radius 3 is 2.50 bits per heavy atom. The number of nitrogens with one attached hydrogen (secondary N) is 1. The van der Waals surface area contributed by atoms with Gasteiger partial charge in [0, 0.05) is 42.1 Å². The number of thioether (sulfide) groups is 1. The minimum absolute atomic E-state index is 0.0366. The lowest BCUT2D eigenvalue weighted by Crippen LogP contribution is -2.44. The standard InChI is InChI=1S/C24H31ClN2O3S2/c25-23-10-4-8-21(18-23)19-31-16-13-26-24(28)22-11-14-27(15-12-22)32(29,30)17-5-9-20-6-2-1-3-7-20/h1-4,6-8,10,18,22H,5,9,11-17,19H2,(H,26,28). The molecule has 1 N–H and O–H groups in total. The van der Waals surface area contributed by atoms with E-state index in [1.807, 2.05) is 54.6 Å². The van der Waals surface area contributed by atoms with Gasteiger partial charge in [-0.2, -0.15) is 11.8 Å². The molecule has 1 aliphatic heterocycles. The molecule has 0 saturated carbocycles. The predicted molar refractivity (Wildman–Crippen MR) is 133 cm³/mol. The van der Waals surface area contributed by atoms with Crippen molar-refractivity contribution in [2.45, 2.75) is 31.4 Å². The van der Waals surface area contributed by atoms with Gasteiger partial charge in [-0.1, -0.05) is 54.1 Å². The Balaban J connectivity index is 1.31. The van der Waals surface area contributed by atoms with Crippen molar-refractivity contribution in [2.75, 3.05) is 31.1 Å². The van der Waals surface area contributed by atoms with Crippen molar-refractivity contribution in [1.82, 2.24) is 9.62 Å². The second kappa shape index (κ2) is 12.6. The van der Waals surface area contributed by atoms with Crippen LogP contribution in [-0.2, 0) is 27.0 Å². The molecule has 1 aliphatic rings. The quantitative estimate of drug-likeness (QED) is 0.471. The highest BCUT2D eigenvalue weighted by atomic mass is 35.5. The lowest BCUT2D eigenvalue weighted by Gasteiger charge is -2.30. The molecule has 1 heterocycles. The number of halogens is 1. The largest absolute Gasteiger partial charge is 0.355 e. The van der Waals surface area contributed by atoms with Gasteiger partial charge in [-0.15, -0.1) is 0 Å². The van der Waals surface area contributed by atoms with Crippen LogP contribution in [0.5, 0.6) is 0 Å². The summed E-state index contributed by atoms with van der Waals surface area (Å²) in [5.74, 6) is 1.77. The van der Waals surface area contributed by atoms with Gasteiger partial charge in [0.15, 0.2) is 0 Å². The first-order valence-electron chi connectivity index (χ1n) is 11.1. The van der Waals surface area contributed by atoms with Gasteiger partial charge in [-0.05, 0) is 48.9 Å². The molecule has 0 aromatic heterocycles. The number of aryl methyl sites for hydroxylation is 1. The number of nitrogens with zero attached hydrogens (tertiary/aromatic N) is 1. The van der Waals surface area contributed by atoms with E-state index in [2.05, 4.69) is 5.32 Å². The summed E-state index contributed by atoms with van der Waals surface area (Å²) in [7, 11) is -3.27. The summed E-state index contributed by atoms with van der Waals surface area (Å²) in [5, 5.41) is 3.74. The zero-order valence-corrected chi connectivity index (χ0v) is 20.6. The molecule has 0 radical (unpaired) electrons. The van der Waals surface area contributed by atoms with Crippen LogP contribution in [0.3, 0.4) is 0 Å². The maximum absolute atomic E-state index is 12.6. The fourth-order valence-electron chi connectivity index (χ4n) is 3.84. The van der Waals surface area contributed by atoms with Gasteiger partial charge in [0.05, 0.1) is 5.75 Å². The van der Waals surface area contributed by atoms with Crippen LogP contribution in [0, 0.1) is 5.92 Å². The van der Waals surface area contributed by atoms with E-state index < -0.39 is 10.0 Å². The van der Waals surface area contributed by atoms with Crippen molar-refractivity contribution in [3.63, 3.8) is 0 Å². The lowest BCUT2D eigenvalue weighted by molar-refractivity contribution is -0.125. The van der Waals surface area contributed by atoms with Crippen molar-refractivity contribution in [3.05, 3.63) is 70.7 Å². The van der Waals surface area contributed by atoms with E-state index in [-0.39, 0.29) is 17.6 Å². The summed E-state index contributed by atoms with van der Waals surface area (Å²) >= 11 is 7.75. The molecule has 0 spiro atoms. The zero-order valence-electron chi connectivity index (χ0n) is 18.2. The van der Waals surface area contributed by atoms with E-state index in [0.717, 1.165) is 28.5 Å². The van der Waals surface area contributed by atoms with E-state index in [9.17, 15) is 13.2 Å². The fourth-order valence-corrected chi connectivity index (χ4v) is 6.39. The molecule has 0 unspecified atom stereocenters. The van der Waals surface area contributed by atoms with Gasteiger partial charge in [0.1, 0.15) is 0 Å². The maximum Gasteiger partial charge on any atom is 0.223 e. The molecule has 3 rings (SSSR count). The molecule has 5 nitrogen and oxygen atoms in total. The third kappa shape index (κ3) is 8.10. The molecule has 2 aromatic carbocycles. The number of carbonyl (C=O) groups excluding carboxylic acids is 1. The first-order chi connectivity index (χ1) is 15.4. The Labute approximate surface area is 201 Å². The second-order valence-electron chi connectivity index (χ2n) is 8.05. The van der Waals surface area contributed by atoms with Gasteiger partial charge < -0.3 is 5.32 Å². The van der Waals surface area contributed by atoms with Gasteiger partial charge >= 0.3 is 0 Å². The van der Waals surface area contributed by atoms with E-state index in [4.69, 9.17) is 11.6 Å². The number of hydrogen-bond donors (Lipinski definition) is 1. The van der Waals surface area contributed by atoms with Crippen molar-refractivity contribution in [3.8, 4) is 0 Å². The molecule has 8 heteroatoms. The van der Waals surface area contributed by atoms with Gasteiger partial charge in [0.25, 0.3) is 0 Å². The van der Waals surface area contributed by atoms with Crippen LogP contribution in [0.15, 0.2) is 54.6 Å². The van der Waals surface area contributed by atoms with Gasteiger partial charge in [-0.25, -0.2) is 12.7 Å². The van der Waals surface area contributed by atoms with Crippen molar-refractivity contribution in [1.29, 1.82) is 0 Å². The maximum atomic E-state index is 12.6. The lowest BCUT2D eigenvalue weighted by atomic mass is 9.97. The van der Waals surface area contributed by atoms with Crippen LogP contribution >= 0.6 is 23.4 Å². The smallest absolute Gasteiger partial charge is 0.223 e. The average Bonchev–Trinajstić information content (AvgIpc) is 2.79. The molecule has 2 aromatic rings. The Hall–Kier alpha value is -1.54. The van der Waals surface area contributed by atoms with E-state index in [1.54, 1.807) is 16.1 Å². The molecule has 0 atom stereocenters. The molecule has 0 aliphatic carbocycles. The van der Waals surface area contributed by atoms with Crippen LogP contribution in [0.25, 0.3) is 0 Å². The summed E-state index contributed by atoms with van der Waals surface area (Å²) in [6, 6.07) is 17.7. The number of carbonyl (C=O) groups is 1. The number of benzene rings is 2. The summed E-state index contributed by atoms with van der Waals surface area (Å²) in [5.41, 5.74) is 2.33. The molecular weight excluding hydrogens is 464 g/mol. The molecular formula is C24H31ClN2O3S2. The third-order valence-electron chi connectivity index (χ3n) is 5.63. The first kappa shape index (κ1) is 25.1. The topological polar surface area (TPSA) is 66.5 Å². The first-order valence-corrected chi connectivity index (χ1v) is 14.2. The number of rotatable bonds is 11. The SMILES string of the molecule is O=C(NCCSCc1cccc(Cl)c1)C1CCN(S(=O)(=O)CCCc2ccccc2)CC1. The molecule has 1 fully saturated rings. The second-order valence-corrected chi connectivity index (χ2v) is 11.7. The average molecular weight is 495 g/mol. The molecule has 1 saturated heterocycles. The van der Waals surface area contributed by atoms with Crippen LogP contribution in [-0.4, -0.2) is 49.8 Å². The Morgan fingerprint density at radius 2 is 1.78 bits per heavy atom. The van der Waals surface area contributed by atoms with E-state index in [0.29, 0.717) is 38.9 Å². The summed E-state index contributed by atoms with van der Waals surface area (Å²) in [4.78, 5) is 12.5. The summed E-state index contributed by atoms with van der Waals surface area (Å²) in [6.45, 7) is 1.46. The molecule has 1 amide bonds. The highest BCUT2D eigenvalue weighted by molar-refractivity contribution is 7.98. The zero-order chi connectivity index (χ0) is 22.8. The predicted octanol–water partition coefficient (Wildman–Crippen LogP) is 4.36. The monoisotopic (exact) mass is 494 g/mol. The number of amides is 1. The van der Waals surface area contributed by atoms with Crippen LogP contribution < -0.4 is 5.32 Å². The minimum Gasteiger partial charge on any atom is -0.355 e. The third-order valence-corrected chi connectivity index (χ3v) is 8.85. The van der Waals surface area contributed by atoms with Crippen LogP contribution in [0.1, 0.15) is 30.4 Å². The number of hydrogen-bond acceptors (Lipinski definition) is 4. The van der Waals surface area contributed by atoms with Crippen molar-refractivity contribution < 1.29 is 13.2 Å². The van der Waals surface area contributed by atoms with Crippen LogP contribution in [0.2, 0.25) is 5.02 Å². The Bertz CT molecular complexity index is 962. The summed E-state index contributed by atoms with van der Waals surface area (Å²) in [6.07, 6.45) is 2.53. The summed E-state index contributed by atoms with van der Waals surface area (Å²) < 4.78 is 26.9. The number of sulfonamides is 1. The van der Waals surface area contributed by atoms with Gasteiger partial charge in [0.2, 0.25) is 15.9 Å². The van der Waals surface area contributed by atoms with Crippen LogP contribution in [0.4, 0.5) is 0 Å². The molecule has 174 valence electrons.